The van der Waals surface area contributed by atoms with Crippen molar-refractivity contribution in [1.29, 1.82) is 0 Å². The van der Waals surface area contributed by atoms with E-state index in [2.05, 4.69) is 36.7 Å². The maximum absolute atomic E-state index is 11.7. The highest BCUT2D eigenvalue weighted by Gasteiger charge is 2.07. The molecule has 2 aromatic rings. The minimum absolute atomic E-state index is 0.00540. The third-order valence-electron chi connectivity index (χ3n) is 2.68. The molecule has 0 atom stereocenters. The lowest BCUT2D eigenvalue weighted by Gasteiger charge is -2.05. The number of halogens is 1. The lowest BCUT2D eigenvalue weighted by molar-refractivity contribution is -0.118. The topological polar surface area (TPSA) is 129 Å². The molecular weight excluding hydrogens is 414 g/mol. The third-order valence-corrected chi connectivity index (χ3v) is 4.26. The van der Waals surface area contributed by atoms with Gasteiger partial charge in [0.05, 0.1) is 23.0 Å². The first-order valence-electron chi connectivity index (χ1n) is 7.05. The van der Waals surface area contributed by atoms with E-state index in [1.54, 1.807) is 18.2 Å². The molecule has 0 aliphatic rings. The average Bonchev–Trinajstić information content (AvgIpc) is 2.56. The van der Waals surface area contributed by atoms with Crippen LogP contribution in [-0.2, 0) is 4.79 Å². The molecule has 0 saturated heterocycles. The lowest BCUT2D eigenvalue weighted by Crippen LogP contribution is -2.26. The van der Waals surface area contributed by atoms with Crippen molar-refractivity contribution in [3.8, 4) is 5.75 Å². The van der Waals surface area contributed by atoms with Crippen LogP contribution in [0.5, 0.6) is 5.75 Å². The molecule has 0 aliphatic heterocycles. The number of benzene rings is 1. The molecule has 0 radical (unpaired) electrons. The van der Waals surface area contributed by atoms with Crippen LogP contribution in [0.3, 0.4) is 0 Å². The molecule has 0 saturated carbocycles. The molecule has 25 heavy (non-hydrogen) atoms. The second-order valence-corrected chi connectivity index (χ2v) is 6.34. The van der Waals surface area contributed by atoms with Crippen LogP contribution in [-0.4, -0.2) is 39.7 Å². The van der Waals surface area contributed by atoms with Gasteiger partial charge in [0.2, 0.25) is 5.91 Å². The fourth-order valence-corrected chi connectivity index (χ4v) is 2.79. The Bertz CT molecular complexity index is 895. The van der Waals surface area contributed by atoms with E-state index in [0.717, 1.165) is 27.5 Å². The molecule has 0 aliphatic carbocycles. The number of hydrogen-bond donors (Lipinski definition) is 3. The highest BCUT2D eigenvalue weighted by molar-refractivity contribution is 9.10. The van der Waals surface area contributed by atoms with Gasteiger partial charge in [-0.15, -0.1) is 0 Å². The molecule has 0 unspecified atom stereocenters. The summed E-state index contributed by atoms with van der Waals surface area (Å²) in [5.74, 6) is 0.226. The molecule has 9 nitrogen and oxygen atoms in total. The van der Waals surface area contributed by atoms with Crippen molar-refractivity contribution in [2.24, 2.45) is 5.10 Å². The number of nitrogens with one attached hydrogen (secondary N) is 3. The van der Waals surface area contributed by atoms with Crippen molar-refractivity contribution < 1.29 is 9.53 Å². The predicted molar refractivity (Wildman–Crippen MR) is 97.3 cm³/mol. The summed E-state index contributed by atoms with van der Waals surface area (Å²) in [4.78, 5) is 36.0. The Kier molecular flexibility index (Phi) is 6.95. The molecule has 0 spiro atoms. The summed E-state index contributed by atoms with van der Waals surface area (Å²) in [5, 5.41) is 9.48. The monoisotopic (exact) mass is 427 g/mol. The van der Waals surface area contributed by atoms with E-state index in [-0.39, 0.29) is 10.8 Å². The van der Waals surface area contributed by atoms with Gasteiger partial charge in [0.25, 0.3) is 5.56 Å². The van der Waals surface area contributed by atoms with Crippen molar-refractivity contribution in [2.75, 3.05) is 12.4 Å². The second kappa shape index (κ2) is 9.18. The molecule has 0 bridgehead atoms. The number of hydrazone groups is 1. The summed E-state index contributed by atoms with van der Waals surface area (Å²) >= 11 is 4.27. The maximum Gasteiger partial charge on any atom is 0.342 e. The van der Waals surface area contributed by atoms with E-state index < -0.39 is 17.2 Å². The fraction of sp³-hybridized carbons (Fsp3) is 0.214. The minimum Gasteiger partial charge on any atom is -0.493 e. The lowest BCUT2D eigenvalue weighted by atomic mass is 10.2. The number of aromatic amines is 2. The number of hydrogen-bond acceptors (Lipinski definition) is 7. The molecule has 1 aromatic carbocycles. The van der Waals surface area contributed by atoms with Crippen molar-refractivity contribution in [3.05, 3.63) is 49.1 Å². The van der Waals surface area contributed by atoms with E-state index in [1.807, 2.05) is 11.9 Å². The number of nitrogens with zero attached hydrogens (tertiary/aromatic N) is 2. The molecule has 3 N–H and O–H groups in total. The van der Waals surface area contributed by atoms with Gasteiger partial charge in [-0.25, -0.2) is 15.3 Å². The largest absolute Gasteiger partial charge is 0.493 e. The van der Waals surface area contributed by atoms with Gasteiger partial charge in [-0.2, -0.15) is 10.2 Å². The van der Waals surface area contributed by atoms with E-state index >= 15 is 0 Å². The smallest absolute Gasteiger partial charge is 0.342 e. The number of ether oxygens (including phenoxy) is 1. The summed E-state index contributed by atoms with van der Waals surface area (Å²) in [6.45, 7) is 2.46. The summed E-state index contributed by atoms with van der Waals surface area (Å²) in [6, 6.07) is 5.39. The Morgan fingerprint density at radius 2 is 2.28 bits per heavy atom. The van der Waals surface area contributed by atoms with Crippen LogP contribution in [0.15, 0.2) is 42.4 Å². The van der Waals surface area contributed by atoms with Crippen LogP contribution >= 0.6 is 27.7 Å². The number of rotatable bonds is 7. The highest BCUT2D eigenvalue weighted by Crippen LogP contribution is 2.25. The van der Waals surface area contributed by atoms with Crippen LogP contribution < -0.4 is 21.4 Å². The Hall–Kier alpha value is -2.40. The van der Waals surface area contributed by atoms with Gasteiger partial charge in [0.1, 0.15) is 5.75 Å². The highest BCUT2D eigenvalue weighted by atomic mass is 79.9. The minimum atomic E-state index is -0.704. The molecule has 132 valence electrons. The molecule has 1 heterocycles. The van der Waals surface area contributed by atoms with E-state index in [1.165, 1.54) is 6.21 Å². The Morgan fingerprint density at radius 1 is 1.48 bits per heavy atom. The van der Waals surface area contributed by atoms with Crippen molar-refractivity contribution >= 4 is 39.8 Å². The molecule has 1 aromatic heterocycles. The number of carbonyl (C=O) groups excluding carboxylic acids is 1. The third kappa shape index (κ3) is 5.87. The van der Waals surface area contributed by atoms with Gasteiger partial charge in [0, 0.05) is 0 Å². The van der Waals surface area contributed by atoms with E-state index in [9.17, 15) is 14.4 Å². The van der Waals surface area contributed by atoms with Gasteiger partial charge in [-0.05, 0) is 46.6 Å². The Labute approximate surface area is 154 Å². The zero-order valence-corrected chi connectivity index (χ0v) is 15.4. The quantitative estimate of drug-likeness (QED) is 0.341. The van der Waals surface area contributed by atoms with E-state index in [4.69, 9.17) is 4.74 Å². The summed E-state index contributed by atoms with van der Waals surface area (Å²) in [7, 11) is 0. The standard InChI is InChI=1S/C14H14BrN5O4S/c1-2-24-10-4-3-8(5-9(10)15)6-16-18-11(21)7-25-13-12(22)17-14(23)20-19-13/h3-6H,2,7H2,1H3,(H,18,21)(H2,17,20,22,23)/b16-6+. The molecule has 0 fully saturated rings. The molecule has 1 amide bonds. The number of carbonyl (C=O) groups is 1. The summed E-state index contributed by atoms with van der Waals surface area (Å²) < 4.78 is 6.19. The van der Waals surface area contributed by atoms with Gasteiger partial charge in [-0.1, -0.05) is 11.8 Å². The van der Waals surface area contributed by atoms with Crippen LogP contribution in [0.4, 0.5) is 0 Å². The first-order chi connectivity index (χ1) is 12.0. The van der Waals surface area contributed by atoms with E-state index in [0.29, 0.717) is 6.61 Å². The van der Waals surface area contributed by atoms with Crippen molar-refractivity contribution in [3.63, 3.8) is 0 Å². The van der Waals surface area contributed by atoms with Crippen molar-refractivity contribution in [1.82, 2.24) is 20.6 Å². The van der Waals surface area contributed by atoms with Crippen LogP contribution in [0, 0.1) is 0 Å². The van der Waals surface area contributed by atoms with Crippen LogP contribution in [0.1, 0.15) is 12.5 Å². The number of H-pyrrole nitrogens is 2. The first kappa shape index (κ1) is 18.9. The number of thioether (sulfide) groups is 1. The number of aromatic nitrogens is 3. The Morgan fingerprint density at radius 3 is 2.96 bits per heavy atom. The predicted octanol–water partition coefficient (Wildman–Crippen LogP) is 0.862. The zero-order chi connectivity index (χ0) is 18.2. The van der Waals surface area contributed by atoms with Crippen molar-refractivity contribution in [2.45, 2.75) is 11.9 Å². The average molecular weight is 428 g/mol. The van der Waals surface area contributed by atoms with Gasteiger partial charge >= 0.3 is 5.69 Å². The first-order valence-corrected chi connectivity index (χ1v) is 8.83. The van der Waals surface area contributed by atoms with Gasteiger partial charge < -0.3 is 4.74 Å². The SMILES string of the molecule is CCOc1ccc(/C=N/NC(=O)CSc2n[nH]c(=O)[nH]c2=O)cc1Br. The molecule has 11 heteroatoms. The van der Waals surface area contributed by atoms with Crippen LogP contribution in [0.2, 0.25) is 0 Å². The maximum atomic E-state index is 11.7. The van der Waals surface area contributed by atoms with Gasteiger partial charge in [0.15, 0.2) is 5.03 Å². The zero-order valence-electron chi connectivity index (χ0n) is 13.0. The van der Waals surface area contributed by atoms with Gasteiger partial charge in [-0.3, -0.25) is 14.6 Å². The second-order valence-electron chi connectivity index (χ2n) is 4.52. The fourth-order valence-electron chi connectivity index (χ4n) is 1.65. The Balaban J connectivity index is 1.87. The van der Waals surface area contributed by atoms with Crippen LogP contribution in [0.25, 0.3) is 0 Å². The summed E-state index contributed by atoms with van der Waals surface area (Å²) in [6.07, 6.45) is 1.48. The normalized spacial score (nSPS) is 10.8. The molecular formula is C14H14BrN5O4S. The number of amides is 1. The molecule has 2 rings (SSSR count). The summed E-state index contributed by atoms with van der Waals surface area (Å²) in [5.41, 5.74) is 1.76.